The zero-order valence-electron chi connectivity index (χ0n) is 10.0. The third-order valence-electron chi connectivity index (χ3n) is 2.48. The van der Waals surface area contributed by atoms with Crippen molar-refractivity contribution in [3.05, 3.63) is 28.9 Å². The number of methoxy groups -OCH3 is 1. The quantitative estimate of drug-likeness (QED) is 0.853. The van der Waals surface area contributed by atoms with Crippen LogP contribution in [-0.4, -0.2) is 18.7 Å². The molecule has 0 saturated carbocycles. The van der Waals surface area contributed by atoms with Crippen LogP contribution in [0.4, 0.5) is 0 Å². The van der Waals surface area contributed by atoms with Crippen molar-refractivity contribution in [2.75, 3.05) is 13.7 Å². The maximum atomic E-state index is 8.96. The highest BCUT2D eigenvalue weighted by Gasteiger charge is 2.13. The first-order chi connectivity index (χ1) is 8.71. The maximum absolute atomic E-state index is 8.96. The maximum Gasteiger partial charge on any atom is 0.144 e. The van der Waals surface area contributed by atoms with Gasteiger partial charge in [-0.05, 0) is 19.1 Å². The lowest BCUT2D eigenvalue weighted by Gasteiger charge is -2.10. The summed E-state index contributed by atoms with van der Waals surface area (Å²) in [6.45, 7) is 2.39. The van der Waals surface area contributed by atoms with E-state index in [2.05, 4.69) is 4.98 Å². The lowest BCUT2D eigenvalue weighted by atomic mass is 10.1. The molecule has 4 nitrogen and oxygen atoms in total. The summed E-state index contributed by atoms with van der Waals surface area (Å²) < 4.78 is 10.6. The first-order valence-electron chi connectivity index (χ1n) is 5.41. The highest BCUT2D eigenvalue weighted by Crippen LogP contribution is 2.35. The Morgan fingerprint density at radius 2 is 2.17 bits per heavy atom. The summed E-state index contributed by atoms with van der Waals surface area (Å²) in [5.74, 6) is 1.12. The van der Waals surface area contributed by atoms with Crippen LogP contribution < -0.4 is 9.47 Å². The molecule has 2 aromatic rings. The minimum Gasteiger partial charge on any atom is -0.495 e. The van der Waals surface area contributed by atoms with E-state index in [4.69, 9.17) is 26.3 Å². The molecule has 0 aliphatic rings. The van der Waals surface area contributed by atoms with Crippen LogP contribution in [-0.2, 0) is 0 Å². The zero-order valence-corrected chi connectivity index (χ0v) is 10.8. The third-order valence-corrected chi connectivity index (χ3v) is 2.85. The Kier molecular flexibility index (Phi) is 3.54. The number of hydrogen-bond acceptors (Lipinski definition) is 4. The summed E-state index contributed by atoms with van der Waals surface area (Å²) in [6.07, 6.45) is 0. The fourth-order valence-electron chi connectivity index (χ4n) is 1.70. The minimum absolute atomic E-state index is 0.265. The molecule has 0 aliphatic carbocycles. The second kappa shape index (κ2) is 5.11. The molecule has 0 radical (unpaired) electrons. The van der Waals surface area contributed by atoms with Gasteiger partial charge in [-0.15, -0.1) is 0 Å². The molecule has 0 unspecified atom stereocenters. The van der Waals surface area contributed by atoms with Crippen LogP contribution in [0.15, 0.2) is 18.2 Å². The molecule has 0 fully saturated rings. The van der Waals surface area contributed by atoms with E-state index in [9.17, 15) is 0 Å². The van der Waals surface area contributed by atoms with Gasteiger partial charge in [-0.2, -0.15) is 5.26 Å². The number of nitriles is 1. The van der Waals surface area contributed by atoms with Gasteiger partial charge in [-0.25, -0.2) is 4.98 Å². The van der Waals surface area contributed by atoms with Gasteiger partial charge >= 0.3 is 0 Å². The van der Waals surface area contributed by atoms with Crippen LogP contribution >= 0.6 is 11.6 Å². The summed E-state index contributed by atoms with van der Waals surface area (Å²) in [4.78, 5) is 4.19. The number of rotatable bonds is 3. The number of aromatic nitrogens is 1. The first-order valence-corrected chi connectivity index (χ1v) is 5.79. The average Bonchev–Trinajstić information content (AvgIpc) is 2.40. The van der Waals surface area contributed by atoms with E-state index in [0.29, 0.717) is 28.6 Å². The smallest absolute Gasteiger partial charge is 0.144 e. The molecule has 0 spiro atoms. The Bertz CT molecular complexity index is 635. The monoisotopic (exact) mass is 262 g/mol. The van der Waals surface area contributed by atoms with Gasteiger partial charge in [0.15, 0.2) is 0 Å². The van der Waals surface area contributed by atoms with Crippen LogP contribution in [0.3, 0.4) is 0 Å². The second-order valence-corrected chi connectivity index (χ2v) is 3.91. The van der Waals surface area contributed by atoms with Crippen LogP contribution in [0.5, 0.6) is 11.5 Å². The molecule has 1 aromatic carbocycles. The number of pyridine rings is 1. The number of benzene rings is 1. The fraction of sp³-hybridized carbons (Fsp3) is 0.231. The SMILES string of the molecule is CCOc1cc(C#N)nc2c(Cl)c(OC)ccc12. The van der Waals surface area contributed by atoms with E-state index in [1.807, 2.05) is 19.1 Å². The van der Waals surface area contributed by atoms with E-state index in [1.165, 1.54) is 7.11 Å². The molecule has 0 atom stereocenters. The lowest BCUT2D eigenvalue weighted by molar-refractivity contribution is 0.344. The normalized spacial score (nSPS) is 10.1. The molecule has 5 heteroatoms. The zero-order chi connectivity index (χ0) is 13.1. The summed E-state index contributed by atoms with van der Waals surface area (Å²) in [5, 5.41) is 10.1. The van der Waals surface area contributed by atoms with Crippen LogP contribution in [0, 0.1) is 11.3 Å². The van der Waals surface area contributed by atoms with Gasteiger partial charge in [0.1, 0.15) is 28.3 Å². The van der Waals surface area contributed by atoms with Crippen LogP contribution in [0.1, 0.15) is 12.6 Å². The molecule has 0 amide bonds. The van der Waals surface area contributed by atoms with Crippen molar-refractivity contribution in [2.24, 2.45) is 0 Å². The largest absolute Gasteiger partial charge is 0.495 e. The predicted octanol–water partition coefficient (Wildman–Crippen LogP) is 3.17. The Hall–Kier alpha value is -1.99. The molecular weight excluding hydrogens is 252 g/mol. The minimum atomic E-state index is 0.265. The fourth-order valence-corrected chi connectivity index (χ4v) is 1.98. The number of nitrogens with zero attached hydrogens (tertiary/aromatic N) is 2. The van der Waals surface area contributed by atoms with Crippen molar-refractivity contribution in [2.45, 2.75) is 6.92 Å². The van der Waals surface area contributed by atoms with E-state index < -0.39 is 0 Å². The predicted molar refractivity (Wildman–Crippen MR) is 69.2 cm³/mol. The summed E-state index contributed by atoms with van der Waals surface area (Å²) in [7, 11) is 1.53. The van der Waals surface area contributed by atoms with Gasteiger partial charge in [0.05, 0.1) is 19.2 Å². The van der Waals surface area contributed by atoms with Crippen molar-refractivity contribution in [3.8, 4) is 17.6 Å². The number of halogens is 1. The Morgan fingerprint density at radius 1 is 1.39 bits per heavy atom. The van der Waals surface area contributed by atoms with Crippen molar-refractivity contribution in [1.82, 2.24) is 4.98 Å². The van der Waals surface area contributed by atoms with Gasteiger partial charge in [-0.3, -0.25) is 0 Å². The lowest BCUT2D eigenvalue weighted by Crippen LogP contribution is -1.96. The number of hydrogen-bond donors (Lipinski definition) is 0. The Labute approximate surface area is 110 Å². The average molecular weight is 263 g/mol. The molecular formula is C13H11ClN2O2. The molecule has 0 N–H and O–H groups in total. The summed E-state index contributed by atoms with van der Waals surface area (Å²) in [6, 6.07) is 7.17. The summed E-state index contributed by atoms with van der Waals surface area (Å²) in [5.41, 5.74) is 0.777. The summed E-state index contributed by atoms with van der Waals surface area (Å²) >= 11 is 6.19. The van der Waals surface area contributed by atoms with Gasteiger partial charge in [0, 0.05) is 11.5 Å². The molecule has 0 saturated heterocycles. The number of ether oxygens (including phenoxy) is 2. The van der Waals surface area contributed by atoms with Crippen molar-refractivity contribution < 1.29 is 9.47 Å². The van der Waals surface area contributed by atoms with Crippen molar-refractivity contribution >= 4 is 22.5 Å². The van der Waals surface area contributed by atoms with Crippen LogP contribution in [0.2, 0.25) is 5.02 Å². The van der Waals surface area contributed by atoms with Crippen molar-refractivity contribution in [1.29, 1.82) is 5.26 Å². The molecule has 0 bridgehead atoms. The highest BCUT2D eigenvalue weighted by molar-refractivity contribution is 6.36. The van der Waals surface area contributed by atoms with Gasteiger partial charge in [-0.1, -0.05) is 11.6 Å². The number of fused-ring (bicyclic) bond motifs is 1. The van der Waals surface area contributed by atoms with E-state index >= 15 is 0 Å². The van der Waals surface area contributed by atoms with E-state index in [-0.39, 0.29) is 5.69 Å². The standard InChI is InChI=1S/C13H11ClN2O2/c1-3-18-11-6-8(7-15)16-13-9(11)4-5-10(17-2)12(13)14/h4-6H,3H2,1-2H3. The Balaban J connectivity index is 2.78. The molecule has 1 aromatic heterocycles. The molecule has 92 valence electrons. The molecule has 0 aliphatic heterocycles. The van der Waals surface area contributed by atoms with Crippen molar-refractivity contribution in [3.63, 3.8) is 0 Å². The van der Waals surface area contributed by atoms with Gasteiger partial charge in [0.25, 0.3) is 0 Å². The van der Waals surface area contributed by atoms with Gasteiger partial charge in [0.2, 0.25) is 0 Å². The molecule has 1 heterocycles. The second-order valence-electron chi connectivity index (χ2n) is 3.53. The van der Waals surface area contributed by atoms with Crippen LogP contribution in [0.25, 0.3) is 10.9 Å². The highest BCUT2D eigenvalue weighted by atomic mass is 35.5. The topological polar surface area (TPSA) is 55.1 Å². The van der Waals surface area contributed by atoms with E-state index in [1.54, 1.807) is 12.1 Å². The molecule has 2 rings (SSSR count). The third kappa shape index (κ3) is 2.05. The Morgan fingerprint density at radius 3 is 2.78 bits per heavy atom. The van der Waals surface area contributed by atoms with E-state index in [0.717, 1.165) is 5.39 Å². The first kappa shape index (κ1) is 12.5. The molecule has 18 heavy (non-hydrogen) atoms. The van der Waals surface area contributed by atoms with Gasteiger partial charge < -0.3 is 9.47 Å².